The van der Waals surface area contributed by atoms with Crippen LogP contribution in [-0.2, 0) is 0 Å². The van der Waals surface area contributed by atoms with E-state index in [4.69, 9.17) is 19.2 Å². The maximum atomic E-state index is 11.0. The van der Waals surface area contributed by atoms with E-state index < -0.39 is 0 Å². The molecule has 1 saturated heterocycles. The minimum atomic E-state index is 0.135. The van der Waals surface area contributed by atoms with Crippen LogP contribution in [0.4, 0.5) is 5.95 Å². The van der Waals surface area contributed by atoms with E-state index in [1.807, 2.05) is 31.2 Å². The lowest BCUT2D eigenvalue weighted by Crippen LogP contribution is -2.44. The van der Waals surface area contributed by atoms with Gasteiger partial charge in [0.1, 0.15) is 16.8 Å². The first-order valence-corrected chi connectivity index (χ1v) is 11.0. The number of aromatic hydroxyl groups is 1. The van der Waals surface area contributed by atoms with E-state index in [9.17, 15) is 5.11 Å². The molecule has 9 nitrogen and oxygen atoms in total. The van der Waals surface area contributed by atoms with Crippen molar-refractivity contribution in [2.24, 2.45) is 0 Å². The molecule has 1 aliphatic rings. The first-order valence-electron chi connectivity index (χ1n) is 11.0. The molecule has 0 radical (unpaired) electrons. The van der Waals surface area contributed by atoms with Gasteiger partial charge >= 0.3 is 0 Å². The number of aromatic amines is 1. The Morgan fingerprint density at radius 2 is 1.79 bits per heavy atom. The summed E-state index contributed by atoms with van der Waals surface area (Å²) in [5.74, 6) is 2.50. The topological polar surface area (TPSA) is 105 Å². The highest BCUT2D eigenvalue weighted by molar-refractivity contribution is 6.11. The number of methoxy groups -OCH3 is 2. The molecule has 4 aromatic rings. The molecule has 33 heavy (non-hydrogen) atoms. The number of benzene rings is 2. The highest BCUT2D eigenvalue weighted by Gasteiger charge is 2.21. The largest absolute Gasteiger partial charge is 0.507 e. The molecule has 0 amide bonds. The minimum absolute atomic E-state index is 0.135. The van der Waals surface area contributed by atoms with Crippen LogP contribution in [0.2, 0.25) is 0 Å². The summed E-state index contributed by atoms with van der Waals surface area (Å²) >= 11 is 0. The first-order chi connectivity index (χ1) is 16.1. The van der Waals surface area contributed by atoms with E-state index in [2.05, 4.69) is 20.2 Å². The normalized spacial score (nSPS) is 14.1. The molecule has 0 saturated carbocycles. The molecule has 5 rings (SSSR count). The zero-order chi connectivity index (χ0) is 22.9. The standard InChI is InChI=1S/C24H27N5O4/c1-4-33-23-22-21(27-24(28-23)29-9-7-25-8-10-29)20-16(26-22)11-15(12-17(20)30)14-5-6-18(31-2)19(13-14)32-3/h5-6,11-13,25-26,30H,4,7-10H2,1-3H3. The third-order valence-electron chi connectivity index (χ3n) is 5.88. The molecule has 3 heterocycles. The molecular weight excluding hydrogens is 422 g/mol. The van der Waals surface area contributed by atoms with Crippen LogP contribution in [0.25, 0.3) is 33.1 Å². The second-order valence-corrected chi connectivity index (χ2v) is 7.84. The van der Waals surface area contributed by atoms with Crippen LogP contribution in [0.15, 0.2) is 30.3 Å². The van der Waals surface area contributed by atoms with Gasteiger partial charge in [0.25, 0.3) is 0 Å². The van der Waals surface area contributed by atoms with Crippen LogP contribution in [-0.4, -0.2) is 67.1 Å². The molecular formula is C24H27N5O4. The van der Waals surface area contributed by atoms with Crippen molar-refractivity contribution in [2.75, 3.05) is 51.9 Å². The highest BCUT2D eigenvalue weighted by atomic mass is 16.5. The summed E-state index contributed by atoms with van der Waals surface area (Å²) in [6, 6.07) is 9.38. The number of ether oxygens (including phenoxy) is 3. The van der Waals surface area contributed by atoms with Crippen molar-refractivity contribution in [1.82, 2.24) is 20.3 Å². The van der Waals surface area contributed by atoms with Crippen molar-refractivity contribution >= 4 is 27.9 Å². The lowest BCUT2D eigenvalue weighted by Gasteiger charge is -2.27. The van der Waals surface area contributed by atoms with Crippen molar-refractivity contribution in [3.8, 4) is 34.3 Å². The van der Waals surface area contributed by atoms with Crippen LogP contribution >= 0.6 is 0 Å². The Labute approximate surface area is 191 Å². The van der Waals surface area contributed by atoms with E-state index in [-0.39, 0.29) is 5.75 Å². The summed E-state index contributed by atoms with van der Waals surface area (Å²) in [7, 11) is 3.20. The quantitative estimate of drug-likeness (QED) is 0.412. The fourth-order valence-corrected chi connectivity index (χ4v) is 4.26. The number of anilines is 1. The van der Waals surface area contributed by atoms with Gasteiger partial charge in [-0.1, -0.05) is 6.07 Å². The number of phenols is 1. The van der Waals surface area contributed by atoms with Gasteiger partial charge in [-0.15, -0.1) is 0 Å². The fraction of sp³-hybridized carbons (Fsp3) is 0.333. The molecule has 172 valence electrons. The summed E-state index contributed by atoms with van der Waals surface area (Å²) in [5, 5.41) is 15.0. The van der Waals surface area contributed by atoms with Gasteiger partial charge in [0, 0.05) is 26.2 Å². The third kappa shape index (κ3) is 3.74. The number of hydrogen-bond acceptors (Lipinski definition) is 8. The predicted molar refractivity (Wildman–Crippen MR) is 128 cm³/mol. The Morgan fingerprint density at radius 3 is 2.52 bits per heavy atom. The average molecular weight is 450 g/mol. The highest BCUT2D eigenvalue weighted by Crippen LogP contribution is 2.40. The summed E-state index contributed by atoms with van der Waals surface area (Å²) in [6.07, 6.45) is 0. The first kappa shape index (κ1) is 21.1. The van der Waals surface area contributed by atoms with Crippen LogP contribution in [0.3, 0.4) is 0 Å². The summed E-state index contributed by atoms with van der Waals surface area (Å²) in [5.41, 5.74) is 3.79. The van der Waals surface area contributed by atoms with Crippen molar-refractivity contribution in [3.05, 3.63) is 30.3 Å². The third-order valence-corrected chi connectivity index (χ3v) is 5.88. The van der Waals surface area contributed by atoms with E-state index >= 15 is 0 Å². The smallest absolute Gasteiger partial charge is 0.243 e. The lowest BCUT2D eigenvalue weighted by molar-refractivity contribution is 0.330. The zero-order valence-corrected chi connectivity index (χ0v) is 18.9. The van der Waals surface area contributed by atoms with Gasteiger partial charge in [0.05, 0.1) is 31.7 Å². The molecule has 0 bridgehead atoms. The van der Waals surface area contributed by atoms with Crippen molar-refractivity contribution in [3.63, 3.8) is 0 Å². The van der Waals surface area contributed by atoms with Crippen molar-refractivity contribution in [2.45, 2.75) is 6.92 Å². The van der Waals surface area contributed by atoms with Crippen LogP contribution < -0.4 is 24.4 Å². The predicted octanol–water partition coefficient (Wildman–Crippen LogP) is 3.31. The van der Waals surface area contributed by atoms with E-state index in [0.29, 0.717) is 46.4 Å². The fourth-order valence-electron chi connectivity index (χ4n) is 4.26. The maximum absolute atomic E-state index is 11.0. The molecule has 9 heteroatoms. The number of piperazine rings is 1. The van der Waals surface area contributed by atoms with Gasteiger partial charge in [-0.25, -0.2) is 4.98 Å². The molecule has 1 fully saturated rings. The Hall–Kier alpha value is -3.72. The number of nitrogens with zero attached hydrogens (tertiary/aromatic N) is 3. The molecule has 0 aliphatic carbocycles. The molecule has 2 aromatic carbocycles. The molecule has 0 spiro atoms. The lowest BCUT2D eigenvalue weighted by atomic mass is 10.0. The average Bonchev–Trinajstić information content (AvgIpc) is 3.23. The molecule has 0 atom stereocenters. The Kier molecular flexibility index (Phi) is 5.55. The SMILES string of the molecule is CCOc1nc(N2CCNCC2)nc2c1[nH]c1cc(-c3ccc(OC)c(OC)c3)cc(O)c12. The zero-order valence-electron chi connectivity index (χ0n) is 18.9. The Bertz CT molecular complexity index is 1310. The van der Waals surface area contributed by atoms with Crippen molar-refractivity contribution in [1.29, 1.82) is 0 Å². The van der Waals surface area contributed by atoms with Gasteiger partial charge < -0.3 is 34.5 Å². The molecule has 1 aliphatic heterocycles. The summed E-state index contributed by atoms with van der Waals surface area (Å²) < 4.78 is 16.6. The summed E-state index contributed by atoms with van der Waals surface area (Å²) in [4.78, 5) is 15.0. The van der Waals surface area contributed by atoms with Gasteiger partial charge in [-0.3, -0.25) is 0 Å². The van der Waals surface area contributed by atoms with Gasteiger partial charge in [-0.2, -0.15) is 4.98 Å². The van der Waals surface area contributed by atoms with Crippen LogP contribution in [0.5, 0.6) is 23.1 Å². The van der Waals surface area contributed by atoms with Gasteiger partial charge in [0.15, 0.2) is 11.5 Å². The molecule has 3 N–H and O–H groups in total. The number of aromatic nitrogens is 3. The second kappa shape index (κ2) is 8.67. The molecule has 0 unspecified atom stereocenters. The molecule has 2 aromatic heterocycles. The number of H-pyrrole nitrogens is 1. The monoisotopic (exact) mass is 449 g/mol. The van der Waals surface area contributed by atoms with E-state index in [1.165, 1.54) is 0 Å². The Morgan fingerprint density at radius 1 is 1.00 bits per heavy atom. The van der Waals surface area contributed by atoms with E-state index in [0.717, 1.165) is 42.8 Å². The number of nitrogens with one attached hydrogen (secondary N) is 2. The number of hydrogen-bond donors (Lipinski definition) is 3. The van der Waals surface area contributed by atoms with Gasteiger partial charge in [0.2, 0.25) is 11.8 Å². The Balaban J connectivity index is 1.67. The number of phenolic OH excluding ortho intramolecular Hbond substituents is 1. The maximum Gasteiger partial charge on any atom is 0.243 e. The van der Waals surface area contributed by atoms with Gasteiger partial charge in [-0.05, 0) is 42.3 Å². The summed E-state index contributed by atoms with van der Waals surface area (Å²) in [6.45, 7) is 5.78. The minimum Gasteiger partial charge on any atom is -0.507 e. The van der Waals surface area contributed by atoms with E-state index in [1.54, 1.807) is 20.3 Å². The number of fused-ring (bicyclic) bond motifs is 3. The second-order valence-electron chi connectivity index (χ2n) is 7.84. The van der Waals surface area contributed by atoms with Crippen LogP contribution in [0.1, 0.15) is 6.92 Å². The van der Waals surface area contributed by atoms with Crippen molar-refractivity contribution < 1.29 is 19.3 Å². The van der Waals surface area contributed by atoms with Crippen LogP contribution in [0, 0.1) is 0 Å². The number of rotatable bonds is 6.